The summed E-state index contributed by atoms with van der Waals surface area (Å²) in [6.45, 7) is 0. The summed E-state index contributed by atoms with van der Waals surface area (Å²) in [5, 5.41) is 0.750. The lowest BCUT2D eigenvalue weighted by Gasteiger charge is -2.04. The Morgan fingerprint density at radius 3 is 1.90 bits per heavy atom. The number of allylic oxidation sites excluding steroid dienone is 2. The van der Waals surface area contributed by atoms with Crippen LogP contribution < -0.4 is 0 Å². The fourth-order valence-corrected chi connectivity index (χ4v) is 4.24. The lowest BCUT2D eigenvalue weighted by Crippen LogP contribution is -2.03. The number of hydrogen-bond acceptors (Lipinski definition) is 3. The Labute approximate surface area is 182 Å². The maximum Gasteiger partial charge on any atom is 0.285 e. The summed E-state index contributed by atoms with van der Waals surface area (Å²) in [4.78, 5) is 4.34. The van der Waals surface area contributed by atoms with Crippen LogP contribution in [0.15, 0.2) is 119 Å². The lowest BCUT2D eigenvalue weighted by atomic mass is 10.1. The fraction of sp³-hybridized carbons (Fsp3) is 0. The molecule has 0 aliphatic heterocycles. The van der Waals surface area contributed by atoms with Crippen molar-refractivity contribution in [2.75, 3.05) is 0 Å². The van der Waals surface area contributed by atoms with Crippen molar-refractivity contribution in [1.82, 2.24) is 4.98 Å². The van der Waals surface area contributed by atoms with Gasteiger partial charge in [-0.1, -0.05) is 91.0 Å². The van der Waals surface area contributed by atoms with E-state index in [9.17, 15) is 8.42 Å². The van der Waals surface area contributed by atoms with Crippen LogP contribution in [0.1, 0.15) is 11.1 Å². The smallest absolute Gasteiger partial charge is 0.255 e. The van der Waals surface area contributed by atoms with Gasteiger partial charge in [0, 0.05) is 11.6 Å². The van der Waals surface area contributed by atoms with Crippen LogP contribution in [0.3, 0.4) is 0 Å². The minimum Gasteiger partial charge on any atom is -0.255 e. The average Bonchev–Trinajstić information content (AvgIpc) is 2.81. The molecule has 0 radical (unpaired) electrons. The molecule has 0 aliphatic carbocycles. The number of aromatic nitrogens is 1. The number of nitrogens with zero attached hydrogens (tertiary/aromatic N) is 2. The Kier molecular flexibility index (Phi) is 6.15. The summed E-state index contributed by atoms with van der Waals surface area (Å²) in [5.41, 5.74) is 2.63. The van der Waals surface area contributed by atoms with E-state index in [4.69, 9.17) is 0 Å². The van der Waals surface area contributed by atoms with Gasteiger partial charge in [-0.3, -0.25) is 4.98 Å². The highest BCUT2D eigenvalue weighted by atomic mass is 32.2. The molecule has 4 aromatic rings. The van der Waals surface area contributed by atoms with Gasteiger partial charge in [0.15, 0.2) is 0 Å². The predicted octanol–water partition coefficient (Wildman–Crippen LogP) is 5.79. The molecule has 0 aliphatic rings. The Morgan fingerprint density at radius 1 is 0.710 bits per heavy atom. The zero-order valence-corrected chi connectivity index (χ0v) is 17.5. The molecule has 152 valence electrons. The van der Waals surface area contributed by atoms with Crippen LogP contribution in [-0.2, 0) is 10.0 Å². The van der Waals surface area contributed by atoms with Gasteiger partial charge in [-0.15, -0.1) is 0 Å². The topological polar surface area (TPSA) is 59.4 Å². The number of hydrogen-bond donors (Lipinski definition) is 0. The molecule has 0 spiro atoms. The summed E-state index contributed by atoms with van der Waals surface area (Å²) in [7, 11) is -3.97. The summed E-state index contributed by atoms with van der Waals surface area (Å²) in [5.74, 6) is 0. The standard InChI is InChI=1S/C26H20N2O2S/c29-31(30,25-15-7-13-23-14-8-20-27-26(23)25)28-24(18-16-21-9-3-1-4-10-21)19-17-22-11-5-2-6-12-22/h1-20H/b18-16+,19-17+. The zero-order chi connectivity index (χ0) is 21.5. The van der Waals surface area contributed by atoms with Crippen molar-refractivity contribution in [3.63, 3.8) is 0 Å². The van der Waals surface area contributed by atoms with Gasteiger partial charge in [-0.2, -0.15) is 12.8 Å². The van der Waals surface area contributed by atoms with E-state index >= 15 is 0 Å². The van der Waals surface area contributed by atoms with Gasteiger partial charge < -0.3 is 0 Å². The Bertz CT molecular complexity index is 1320. The molecule has 0 atom stereocenters. The van der Waals surface area contributed by atoms with Crippen LogP contribution in [0.5, 0.6) is 0 Å². The number of sulfonamides is 1. The van der Waals surface area contributed by atoms with Gasteiger partial charge in [-0.05, 0) is 35.4 Å². The molecular formula is C26H20N2O2S. The summed E-state index contributed by atoms with van der Waals surface area (Å²) in [6, 6.07) is 28.0. The first-order valence-electron chi connectivity index (χ1n) is 9.77. The van der Waals surface area contributed by atoms with Crippen LogP contribution in [0.25, 0.3) is 23.1 Å². The van der Waals surface area contributed by atoms with Crippen molar-refractivity contribution in [2.24, 2.45) is 4.40 Å². The molecule has 1 aromatic heterocycles. The largest absolute Gasteiger partial charge is 0.285 e. The molecule has 0 unspecified atom stereocenters. The molecular weight excluding hydrogens is 404 g/mol. The number of fused-ring (bicyclic) bond motifs is 1. The zero-order valence-electron chi connectivity index (χ0n) is 16.7. The lowest BCUT2D eigenvalue weighted by molar-refractivity contribution is 0.599. The van der Waals surface area contributed by atoms with Crippen LogP contribution in [-0.4, -0.2) is 19.1 Å². The third-order valence-electron chi connectivity index (χ3n) is 4.59. The van der Waals surface area contributed by atoms with Gasteiger partial charge in [0.1, 0.15) is 4.90 Å². The van der Waals surface area contributed by atoms with Gasteiger partial charge in [-0.25, -0.2) is 0 Å². The van der Waals surface area contributed by atoms with Gasteiger partial charge in [0.05, 0.1) is 11.2 Å². The van der Waals surface area contributed by atoms with Crippen LogP contribution in [0, 0.1) is 0 Å². The minimum absolute atomic E-state index is 0.0873. The van der Waals surface area contributed by atoms with E-state index < -0.39 is 10.0 Å². The molecule has 0 saturated carbocycles. The van der Waals surface area contributed by atoms with E-state index in [0.29, 0.717) is 11.2 Å². The highest BCUT2D eigenvalue weighted by molar-refractivity contribution is 7.90. The summed E-state index contributed by atoms with van der Waals surface area (Å²) < 4.78 is 30.5. The van der Waals surface area contributed by atoms with Crippen LogP contribution >= 0.6 is 0 Å². The van der Waals surface area contributed by atoms with Crippen LogP contribution in [0.4, 0.5) is 0 Å². The molecule has 0 bridgehead atoms. The minimum atomic E-state index is -3.97. The van der Waals surface area contributed by atoms with Crippen LogP contribution in [0.2, 0.25) is 0 Å². The molecule has 0 N–H and O–H groups in total. The third-order valence-corrected chi connectivity index (χ3v) is 5.93. The van der Waals surface area contributed by atoms with Crippen molar-refractivity contribution in [1.29, 1.82) is 0 Å². The predicted molar refractivity (Wildman–Crippen MR) is 127 cm³/mol. The van der Waals surface area contributed by atoms with Crippen molar-refractivity contribution in [3.05, 3.63) is 120 Å². The van der Waals surface area contributed by atoms with Crippen molar-refractivity contribution in [2.45, 2.75) is 4.90 Å². The quantitative estimate of drug-likeness (QED) is 0.368. The second kappa shape index (κ2) is 9.32. The maximum absolute atomic E-state index is 13.2. The molecule has 0 fully saturated rings. The summed E-state index contributed by atoms with van der Waals surface area (Å²) >= 11 is 0. The highest BCUT2D eigenvalue weighted by Crippen LogP contribution is 2.23. The molecule has 4 nitrogen and oxygen atoms in total. The maximum atomic E-state index is 13.2. The monoisotopic (exact) mass is 424 g/mol. The summed E-state index contributed by atoms with van der Waals surface area (Å²) in [6.07, 6.45) is 8.66. The van der Waals surface area contributed by atoms with E-state index in [1.165, 1.54) is 6.07 Å². The second-order valence-electron chi connectivity index (χ2n) is 6.81. The Morgan fingerprint density at radius 2 is 1.29 bits per heavy atom. The number of rotatable bonds is 6. The Hall–Kier alpha value is -3.83. The molecule has 1 heterocycles. The van der Waals surface area contributed by atoms with E-state index in [-0.39, 0.29) is 4.90 Å². The third kappa shape index (κ3) is 5.21. The molecule has 0 amide bonds. The molecule has 3 aromatic carbocycles. The Balaban J connectivity index is 1.77. The number of pyridine rings is 1. The van der Waals surface area contributed by atoms with Crippen molar-refractivity contribution < 1.29 is 8.42 Å². The molecule has 31 heavy (non-hydrogen) atoms. The van der Waals surface area contributed by atoms with Crippen molar-refractivity contribution >= 4 is 38.8 Å². The van der Waals surface area contributed by atoms with E-state index in [1.807, 2.05) is 84.9 Å². The average molecular weight is 425 g/mol. The van der Waals surface area contributed by atoms with E-state index in [1.54, 1.807) is 30.5 Å². The number of benzene rings is 3. The molecule has 4 rings (SSSR count). The first-order chi connectivity index (χ1) is 15.1. The first-order valence-corrected chi connectivity index (χ1v) is 11.2. The first kappa shape index (κ1) is 20.4. The molecule has 5 heteroatoms. The van der Waals surface area contributed by atoms with Gasteiger partial charge >= 0.3 is 0 Å². The number of para-hydroxylation sites is 1. The second-order valence-corrected chi connectivity index (χ2v) is 8.38. The molecule has 0 saturated heterocycles. The van der Waals surface area contributed by atoms with Gasteiger partial charge in [0.2, 0.25) is 0 Å². The van der Waals surface area contributed by atoms with Gasteiger partial charge in [0.25, 0.3) is 10.0 Å². The fourth-order valence-electron chi connectivity index (χ4n) is 3.08. The normalized spacial score (nSPS) is 11.9. The van der Waals surface area contributed by atoms with Crippen molar-refractivity contribution in [3.8, 4) is 0 Å². The highest BCUT2D eigenvalue weighted by Gasteiger charge is 2.17. The SMILES string of the molecule is O=S(=O)(N=C(/C=C/c1ccccc1)/C=C/c1ccccc1)c1cccc2cccnc12. The van der Waals surface area contributed by atoms with E-state index in [2.05, 4.69) is 9.38 Å². The van der Waals surface area contributed by atoms with E-state index in [0.717, 1.165) is 16.5 Å².